The Morgan fingerprint density at radius 2 is 2.27 bits per heavy atom. The van der Waals surface area contributed by atoms with Gasteiger partial charge in [-0.15, -0.1) is 0 Å². The maximum absolute atomic E-state index is 5.64. The average Bonchev–Trinajstić information content (AvgIpc) is 2.17. The molecule has 4 heteroatoms. The number of rotatable bonds is 4. The first kappa shape index (κ1) is 12.0. The third-order valence-corrected chi connectivity index (χ3v) is 2.25. The van der Waals surface area contributed by atoms with Crippen LogP contribution < -0.4 is 10.6 Å². The Morgan fingerprint density at radius 3 is 2.87 bits per heavy atom. The molecular weight excluding hydrogens is 256 g/mol. The number of benzene rings is 1. The molecule has 0 spiro atoms. The number of ether oxygens (including phenoxy) is 1. The zero-order chi connectivity index (χ0) is 11.3. The van der Waals surface area contributed by atoms with Crippen LogP contribution in [0.5, 0.6) is 5.75 Å². The molecule has 0 fully saturated rings. The summed E-state index contributed by atoms with van der Waals surface area (Å²) in [6, 6.07) is 5.76. The zero-order valence-corrected chi connectivity index (χ0v) is 10.5. The molecular formula is C11H15BrN2O. The molecule has 0 aliphatic rings. The van der Waals surface area contributed by atoms with Crippen molar-refractivity contribution in [2.75, 3.05) is 6.61 Å². The van der Waals surface area contributed by atoms with Gasteiger partial charge in [-0.1, -0.05) is 29.8 Å². The fourth-order valence-electron chi connectivity index (χ4n) is 1.09. The van der Waals surface area contributed by atoms with Crippen molar-refractivity contribution in [1.29, 1.82) is 0 Å². The third kappa shape index (κ3) is 3.91. The molecule has 0 saturated carbocycles. The predicted octanol–water partition coefficient (Wildman–Crippen LogP) is 2.78. The van der Waals surface area contributed by atoms with Crippen LogP contribution in [-0.2, 0) is 0 Å². The second-order valence-corrected chi connectivity index (χ2v) is 4.58. The molecule has 15 heavy (non-hydrogen) atoms. The molecule has 0 bridgehead atoms. The van der Waals surface area contributed by atoms with E-state index in [2.05, 4.69) is 34.9 Å². The van der Waals surface area contributed by atoms with Gasteiger partial charge >= 0.3 is 0 Å². The van der Waals surface area contributed by atoms with E-state index in [-0.39, 0.29) is 0 Å². The summed E-state index contributed by atoms with van der Waals surface area (Å²) in [6.45, 7) is 4.90. The SMILES string of the molecule is CC(C)COc1ccc(Br)cc1C=NN. The number of hydrogen-bond donors (Lipinski definition) is 1. The van der Waals surface area contributed by atoms with Crippen molar-refractivity contribution in [3.8, 4) is 5.75 Å². The summed E-state index contributed by atoms with van der Waals surface area (Å²) in [7, 11) is 0. The highest BCUT2D eigenvalue weighted by Gasteiger charge is 2.03. The summed E-state index contributed by atoms with van der Waals surface area (Å²) < 4.78 is 6.62. The molecule has 0 atom stereocenters. The van der Waals surface area contributed by atoms with Crippen LogP contribution in [0.2, 0.25) is 0 Å². The predicted molar refractivity (Wildman–Crippen MR) is 66.3 cm³/mol. The van der Waals surface area contributed by atoms with Gasteiger partial charge < -0.3 is 10.6 Å². The molecule has 0 aromatic heterocycles. The van der Waals surface area contributed by atoms with Gasteiger partial charge in [0.2, 0.25) is 0 Å². The molecule has 0 radical (unpaired) electrons. The molecule has 1 aromatic rings. The highest BCUT2D eigenvalue weighted by atomic mass is 79.9. The molecule has 0 amide bonds. The first-order chi connectivity index (χ1) is 7.13. The van der Waals surface area contributed by atoms with Crippen molar-refractivity contribution in [2.45, 2.75) is 13.8 Å². The molecule has 1 rings (SSSR count). The smallest absolute Gasteiger partial charge is 0.128 e. The molecule has 1 aromatic carbocycles. The highest BCUT2D eigenvalue weighted by molar-refractivity contribution is 9.10. The van der Waals surface area contributed by atoms with Gasteiger partial charge in [-0.3, -0.25) is 0 Å². The fraction of sp³-hybridized carbons (Fsp3) is 0.364. The van der Waals surface area contributed by atoms with Crippen LogP contribution in [-0.4, -0.2) is 12.8 Å². The first-order valence-corrected chi connectivity index (χ1v) is 5.58. The largest absolute Gasteiger partial charge is 0.493 e. The monoisotopic (exact) mass is 270 g/mol. The third-order valence-electron chi connectivity index (χ3n) is 1.76. The van der Waals surface area contributed by atoms with Gasteiger partial charge in [0.25, 0.3) is 0 Å². The molecule has 2 N–H and O–H groups in total. The Labute approximate surface area is 98.4 Å². The lowest BCUT2D eigenvalue weighted by molar-refractivity contribution is 0.270. The summed E-state index contributed by atoms with van der Waals surface area (Å²) in [5.74, 6) is 6.44. The lowest BCUT2D eigenvalue weighted by Gasteiger charge is -2.11. The summed E-state index contributed by atoms with van der Waals surface area (Å²) >= 11 is 3.39. The summed E-state index contributed by atoms with van der Waals surface area (Å²) in [5, 5.41) is 3.51. The molecule has 0 aliphatic carbocycles. The first-order valence-electron chi connectivity index (χ1n) is 4.79. The minimum atomic E-state index is 0.497. The van der Waals surface area contributed by atoms with Gasteiger partial charge in [0.15, 0.2) is 0 Å². The van der Waals surface area contributed by atoms with Gasteiger partial charge in [-0.25, -0.2) is 0 Å². The molecule has 0 heterocycles. The van der Waals surface area contributed by atoms with E-state index < -0.39 is 0 Å². The van der Waals surface area contributed by atoms with Crippen LogP contribution in [0.25, 0.3) is 0 Å². The van der Waals surface area contributed by atoms with E-state index in [0.29, 0.717) is 12.5 Å². The summed E-state index contributed by atoms with van der Waals surface area (Å²) in [5.41, 5.74) is 0.882. The standard InChI is InChI=1S/C11H15BrN2O/c1-8(2)7-15-11-4-3-10(12)5-9(11)6-14-13/h3-6,8H,7,13H2,1-2H3. The van der Waals surface area contributed by atoms with Crippen LogP contribution >= 0.6 is 15.9 Å². The van der Waals surface area contributed by atoms with Crippen LogP contribution in [0.15, 0.2) is 27.8 Å². The van der Waals surface area contributed by atoms with E-state index in [1.54, 1.807) is 6.21 Å². The van der Waals surface area contributed by atoms with E-state index in [1.807, 2.05) is 18.2 Å². The van der Waals surface area contributed by atoms with Crippen molar-refractivity contribution in [2.24, 2.45) is 16.9 Å². The number of hydrazone groups is 1. The van der Waals surface area contributed by atoms with Crippen LogP contribution in [0.3, 0.4) is 0 Å². The topological polar surface area (TPSA) is 47.6 Å². The zero-order valence-electron chi connectivity index (χ0n) is 8.90. The lowest BCUT2D eigenvalue weighted by Crippen LogP contribution is -2.06. The van der Waals surface area contributed by atoms with Gasteiger partial charge in [-0.2, -0.15) is 5.10 Å². The maximum Gasteiger partial charge on any atom is 0.128 e. The number of halogens is 1. The van der Waals surface area contributed by atoms with E-state index in [1.165, 1.54) is 0 Å². The number of nitrogens with zero attached hydrogens (tertiary/aromatic N) is 1. The van der Waals surface area contributed by atoms with Crippen molar-refractivity contribution >= 4 is 22.1 Å². The highest BCUT2D eigenvalue weighted by Crippen LogP contribution is 2.22. The molecule has 82 valence electrons. The summed E-state index contributed by atoms with van der Waals surface area (Å²) in [4.78, 5) is 0. The summed E-state index contributed by atoms with van der Waals surface area (Å²) in [6.07, 6.45) is 1.58. The van der Waals surface area contributed by atoms with Gasteiger partial charge in [0, 0.05) is 10.0 Å². The van der Waals surface area contributed by atoms with E-state index >= 15 is 0 Å². The Morgan fingerprint density at radius 1 is 1.53 bits per heavy atom. The van der Waals surface area contributed by atoms with E-state index in [0.717, 1.165) is 15.8 Å². The molecule has 3 nitrogen and oxygen atoms in total. The Bertz CT molecular complexity index is 350. The number of hydrogen-bond acceptors (Lipinski definition) is 3. The van der Waals surface area contributed by atoms with Gasteiger partial charge in [0.1, 0.15) is 5.75 Å². The van der Waals surface area contributed by atoms with Crippen molar-refractivity contribution in [3.05, 3.63) is 28.2 Å². The van der Waals surface area contributed by atoms with Crippen LogP contribution in [0.1, 0.15) is 19.4 Å². The van der Waals surface area contributed by atoms with Gasteiger partial charge in [-0.05, 0) is 24.1 Å². The molecule has 0 aliphatic heterocycles. The van der Waals surface area contributed by atoms with Crippen molar-refractivity contribution < 1.29 is 4.74 Å². The number of nitrogens with two attached hydrogens (primary N) is 1. The molecule has 0 unspecified atom stereocenters. The average molecular weight is 271 g/mol. The van der Waals surface area contributed by atoms with E-state index in [4.69, 9.17) is 10.6 Å². The molecule has 0 saturated heterocycles. The van der Waals surface area contributed by atoms with Gasteiger partial charge in [0.05, 0.1) is 12.8 Å². The Kier molecular flexibility index (Phi) is 4.62. The van der Waals surface area contributed by atoms with Crippen molar-refractivity contribution in [1.82, 2.24) is 0 Å². The second-order valence-electron chi connectivity index (χ2n) is 3.67. The Hall–Kier alpha value is -1.03. The second kappa shape index (κ2) is 5.75. The quantitative estimate of drug-likeness (QED) is 0.520. The normalized spacial score (nSPS) is 11.2. The minimum Gasteiger partial charge on any atom is -0.493 e. The van der Waals surface area contributed by atoms with E-state index in [9.17, 15) is 0 Å². The van der Waals surface area contributed by atoms with Crippen LogP contribution in [0, 0.1) is 5.92 Å². The lowest BCUT2D eigenvalue weighted by atomic mass is 10.2. The minimum absolute atomic E-state index is 0.497. The maximum atomic E-state index is 5.64. The Balaban J connectivity index is 2.85. The fourth-order valence-corrected chi connectivity index (χ4v) is 1.47. The van der Waals surface area contributed by atoms with Crippen molar-refractivity contribution in [3.63, 3.8) is 0 Å². The van der Waals surface area contributed by atoms with Crippen LogP contribution in [0.4, 0.5) is 0 Å².